The number of rotatable bonds is 3. The minimum absolute atomic E-state index is 0.0388. The van der Waals surface area contributed by atoms with E-state index in [2.05, 4.69) is 29.4 Å². The highest BCUT2D eigenvalue weighted by Gasteiger charge is 2.39. The van der Waals surface area contributed by atoms with Crippen LogP contribution in [0.4, 0.5) is 0 Å². The molecule has 1 aromatic rings. The number of ether oxygens (including phenoxy) is 1. The molecule has 0 aromatic heterocycles. The second-order valence-corrected chi connectivity index (χ2v) is 7.80. The molecule has 2 fully saturated rings. The maximum absolute atomic E-state index is 6.33. The molecule has 122 valence electrons. The lowest BCUT2D eigenvalue weighted by Gasteiger charge is -2.46. The smallest absolute Gasteiger partial charge is 0.0810 e. The Morgan fingerprint density at radius 1 is 1.41 bits per heavy atom. The van der Waals surface area contributed by atoms with Gasteiger partial charge in [-0.15, -0.1) is 11.8 Å². The molecule has 2 aliphatic rings. The predicted molar refractivity (Wildman–Crippen MR) is 93.6 cm³/mol. The molecule has 0 unspecified atom stereocenters. The van der Waals surface area contributed by atoms with E-state index in [-0.39, 0.29) is 5.60 Å². The number of thioether (sulfide) groups is 1. The Morgan fingerprint density at radius 3 is 2.86 bits per heavy atom. The van der Waals surface area contributed by atoms with Gasteiger partial charge in [-0.05, 0) is 49.6 Å². The summed E-state index contributed by atoms with van der Waals surface area (Å²) in [5.74, 6) is 0. The zero-order valence-electron chi connectivity index (χ0n) is 13.2. The van der Waals surface area contributed by atoms with Gasteiger partial charge in [0.1, 0.15) is 0 Å². The van der Waals surface area contributed by atoms with Crippen LogP contribution in [-0.2, 0) is 11.3 Å². The Kier molecular flexibility index (Phi) is 5.35. The second kappa shape index (κ2) is 7.10. The van der Waals surface area contributed by atoms with Gasteiger partial charge in [0.2, 0.25) is 0 Å². The summed E-state index contributed by atoms with van der Waals surface area (Å²) < 4.78 is 6.16. The number of nitrogens with zero attached hydrogens (tertiary/aromatic N) is 1. The standard InChI is InChI=1S/C17H25ClN2OS/c1-22-16-3-2-13(10-15(16)18)11-20-8-9-21-17(12-20)6-4-14(19)5-7-17/h2-3,10,14H,4-9,11-12,19H2,1H3. The van der Waals surface area contributed by atoms with Gasteiger partial charge in [0.05, 0.1) is 17.2 Å². The summed E-state index contributed by atoms with van der Waals surface area (Å²) in [5, 5.41) is 0.858. The predicted octanol–water partition coefficient (Wildman–Crippen LogP) is 3.53. The Labute approximate surface area is 142 Å². The van der Waals surface area contributed by atoms with E-state index < -0.39 is 0 Å². The van der Waals surface area contributed by atoms with Crippen LogP contribution >= 0.6 is 23.4 Å². The molecule has 0 bridgehead atoms. The molecule has 22 heavy (non-hydrogen) atoms. The average molecular weight is 341 g/mol. The first-order valence-electron chi connectivity index (χ1n) is 8.04. The van der Waals surface area contributed by atoms with Crippen molar-refractivity contribution < 1.29 is 4.74 Å². The summed E-state index contributed by atoms with van der Waals surface area (Å²) in [6, 6.07) is 6.78. The van der Waals surface area contributed by atoms with Crippen molar-refractivity contribution in [3.8, 4) is 0 Å². The zero-order chi connectivity index (χ0) is 15.6. The molecule has 2 N–H and O–H groups in total. The Balaban J connectivity index is 1.64. The van der Waals surface area contributed by atoms with Crippen molar-refractivity contribution >= 4 is 23.4 Å². The molecule has 1 saturated heterocycles. The molecule has 3 nitrogen and oxygen atoms in total. The van der Waals surface area contributed by atoms with Gasteiger partial charge < -0.3 is 10.5 Å². The quantitative estimate of drug-likeness (QED) is 0.854. The lowest BCUT2D eigenvalue weighted by atomic mass is 9.81. The molecule has 1 aromatic carbocycles. The SMILES string of the molecule is CSc1ccc(CN2CCOC3(CCC(N)CC3)C2)cc1Cl. The molecule has 1 aliphatic heterocycles. The van der Waals surface area contributed by atoms with E-state index in [9.17, 15) is 0 Å². The molecule has 3 rings (SSSR count). The monoisotopic (exact) mass is 340 g/mol. The fraction of sp³-hybridized carbons (Fsp3) is 0.647. The zero-order valence-corrected chi connectivity index (χ0v) is 14.8. The first-order valence-corrected chi connectivity index (χ1v) is 9.65. The molecule has 1 heterocycles. The van der Waals surface area contributed by atoms with Crippen molar-refractivity contribution in [1.82, 2.24) is 4.90 Å². The third-order valence-electron chi connectivity index (χ3n) is 4.89. The van der Waals surface area contributed by atoms with Gasteiger partial charge in [-0.25, -0.2) is 0 Å². The molecular weight excluding hydrogens is 316 g/mol. The van der Waals surface area contributed by atoms with Crippen LogP contribution in [0.2, 0.25) is 5.02 Å². The number of morpholine rings is 1. The van der Waals surface area contributed by atoms with Crippen LogP contribution in [-0.4, -0.2) is 42.5 Å². The van der Waals surface area contributed by atoms with Crippen LogP contribution in [0.25, 0.3) is 0 Å². The summed E-state index contributed by atoms with van der Waals surface area (Å²) in [4.78, 5) is 3.65. The minimum Gasteiger partial charge on any atom is -0.372 e. The van der Waals surface area contributed by atoms with Crippen molar-refractivity contribution in [1.29, 1.82) is 0 Å². The van der Waals surface area contributed by atoms with Gasteiger partial charge in [0.25, 0.3) is 0 Å². The number of hydrogen-bond acceptors (Lipinski definition) is 4. The van der Waals surface area contributed by atoms with Crippen LogP contribution < -0.4 is 5.73 Å². The van der Waals surface area contributed by atoms with E-state index in [1.165, 1.54) is 5.56 Å². The lowest BCUT2D eigenvalue weighted by Crippen LogP contribution is -2.54. The summed E-state index contributed by atoms with van der Waals surface area (Å²) in [5.41, 5.74) is 7.36. The molecule has 0 radical (unpaired) electrons. The summed E-state index contributed by atoms with van der Waals surface area (Å²) in [6.07, 6.45) is 6.41. The van der Waals surface area contributed by atoms with Crippen molar-refractivity contribution in [3.63, 3.8) is 0 Å². The van der Waals surface area contributed by atoms with E-state index in [4.69, 9.17) is 22.1 Å². The third-order valence-corrected chi connectivity index (χ3v) is 6.11. The largest absolute Gasteiger partial charge is 0.372 e. The maximum Gasteiger partial charge on any atom is 0.0810 e. The van der Waals surface area contributed by atoms with E-state index in [0.717, 1.165) is 61.8 Å². The maximum atomic E-state index is 6.33. The van der Waals surface area contributed by atoms with Crippen molar-refractivity contribution in [2.45, 2.75) is 48.8 Å². The van der Waals surface area contributed by atoms with Crippen molar-refractivity contribution in [2.24, 2.45) is 5.73 Å². The number of hydrogen-bond donors (Lipinski definition) is 1. The van der Waals surface area contributed by atoms with Crippen LogP contribution in [0, 0.1) is 0 Å². The van der Waals surface area contributed by atoms with Crippen LogP contribution in [0.1, 0.15) is 31.2 Å². The molecule has 1 aliphatic carbocycles. The number of halogens is 1. The number of nitrogens with two attached hydrogens (primary N) is 1. The molecule has 0 amide bonds. The van der Waals surface area contributed by atoms with Crippen LogP contribution in [0.3, 0.4) is 0 Å². The average Bonchev–Trinajstić information content (AvgIpc) is 2.51. The topological polar surface area (TPSA) is 38.5 Å². The van der Waals surface area contributed by atoms with Gasteiger partial charge in [0, 0.05) is 30.6 Å². The van der Waals surface area contributed by atoms with E-state index >= 15 is 0 Å². The van der Waals surface area contributed by atoms with Gasteiger partial charge in [-0.3, -0.25) is 4.90 Å². The Bertz CT molecular complexity index is 517. The molecule has 1 saturated carbocycles. The second-order valence-electron chi connectivity index (χ2n) is 6.55. The van der Waals surface area contributed by atoms with Crippen LogP contribution in [0.15, 0.2) is 23.1 Å². The van der Waals surface area contributed by atoms with E-state index in [0.29, 0.717) is 6.04 Å². The summed E-state index contributed by atoms with van der Waals surface area (Å²) in [6.45, 7) is 3.79. The van der Waals surface area contributed by atoms with Gasteiger partial charge in [-0.1, -0.05) is 17.7 Å². The molecule has 5 heteroatoms. The van der Waals surface area contributed by atoms with Crippen molar-refractivity contribution in [3.05, 3.63) is 28.8 Å². The van der Waals surface area contributed by atoms with E-state index in [1.54, 1.807) is 11.8 Å². The third kappa shape index (κ3) is 3.80. The Hall–Kier alpha value is -0.260. The number of benzene rings is 1. The molecule has 0 atom stereocenters. The van der Waals surface area contributed by atoms with Gasteiger partial charge in [0.15, 0.2) is 0 Å². The fourth-order valence-corrected chi connectivity index (χ4v) is 4.49. The minimum atomic E-state index is 0.0388. The van der Waals surface area contributed by atoms with Gasteiger partial charge in [-0.2, -0.15) is 0 Å². The van der Waals surface area contributed by atoms with Gasteiger partial charge >= 0.3 is 0 Å². The highest BCUT2D eigenvalue weighted by Crippen LogP contribution is 2.34. The fourth-order valence-electron chi connectivity index (χ4n) is 3.59. The molecular formula is C17H25ClN2OS. The lowest BCUT2D eigenvalue weighted by molar-refractivity contribution is -0.130. The Morgan fingerprint density at radius 2 is 2.18 bits per heavy atom. The summed E-state index contributed by atoms with van der Waals surface area (Å²) in [7, 11) is 0. The normalized spacial score (nSPS) is 29.9. The summed E-state index contributed by atoms with van der Waals surface area (Å²) >= 11 is 8.02. The van der Waals surface area contributed by atoms with Crippen molar-refractivity contribution in [2.75, 3.05) is 26.0 Å². The highest BCUT2D eigenvalue weighted by atomic mass is 35.5. The molecule has 1 spiro atoms. The first kappa shape index (κ1) is 16.6. The van der Waals surface area contributed by atoms with E-state index in [1.807, 2.05) is 0 Å². The highest BCUT2D eigenvalue weighted by molar-refractivity contribution is 7.98. The first-order chi connectivity index (χ1) is 10.6. The van der Waals surface area contributed by atoms with Crippen LogP contribution in [0.5, 0.6) is 0 Å².